The van der Waals surface area contributed by atoms with Crippen LogP contribution in [0.25, 0.3) is 0 Å². The number of unbranched alkanes of at least 4 members (excludes halogenated alkanes) is 1. The zero-order valence-corrected chi connectivity index (χ0v) is 14.2. The molecule has 7 nitrogen and oxygen atoms in total. The molecule has 1 N–H and O–H groups in total. The van der Waals surface area contributed by atoms with E-state index in [2.05, 4.69) is 9.50 Å². The third-order valence-electron chi connectivity index (χ3n) is 3.31. The number of ether oxygens (including phenoxy) is 2. The first-order valence-corrected chi connectivity index (χ1v) is 9.11. The summed E-state index contributed by atoms with van der Waals surface area (Å²) in [6.07, 6.45) is 1.75. The largest absolute Gasteiger partial charge is 0.493 e. The number of hydrogen-bond acceptors (Lipinski definition) is 6. The zero-order chi connectivity index (χ0) is 17.1. The van der Waals surface area contributed by atoms with E-state index in [0.717, 1.165) is 11.8 Å². The van der Waals surface area contributed by atoms with Gasteiger partial charge in [0.2, 0.25) is 0 Å². The summed E-state index contributed by atoms with van der Waals surface area (Å²) >= 11 is 0. The predicted molar refractivity (Wildman–Crippen MR) is 85.1 cm³/mol. The molecule has 1 aromatic carbocycles. The molecule has 0 aliphatic carbocycles. The van der Waals surface area contributed by atoms with E-state index in [1.54, 1.807) is 26.0 Å². The molecule has 128 valence electrons. The Balaban J connectivity index is 1.94. The highest BCUT2D eigenvalue weighted by atomic mass is 32.2. The van der Waals surface area contributed by atoms with Gasteiger partial charge < -0.3 is 9.47 Å². The Morgan fingerprint density at radius 3 is 2.61 bits per heavy atom. The molecule has 0 saturated heterocycles. The van der Waals surface area contributed by atoms with Crippen LogP contribution < -0.4 is 10.1 Å². The van der Waals surface area contributed by atoms with Gasteiger partial charge in [-0.1, -0.05) is 6.07 Å². The molecule has 23 heavy (non-hydrogen) atoms. The van der Waals surface area contributed by atoms with Crippen LogP contribution in [0.1, 0.15) is 32.3 Å². The van der Waals surface area contributed by atoms with E-state index in [0.29, 0.717) is 30.9 Å². The van der Waals surface area contributed by atoms with Gasteiger partial charge in [-0.15, -0.1) is 0 Å². The molecule has 1 aliphatic rings. The molecule has 1 aromatic rings. The lowest BCUT2D eigenvalue weighted by Gasteiger charge is -2.33. The number of cyclic esters (lactones) is 1. The molecule has 0 saturated carbocycles. The van der Waals surface area contributed by atoms with Crippen molar-refractivity contribution in [2.45, 2.75) is 32.3 Å². The molecular weight excluding hydrogens is 322 g/mol. The molecule has 1 amide bonds. The van der Waals surface area contributed by atoms with Crippen LogP contribution in [0, 0.1) is 0 Å². The summed E-state index contributed by atoms with van der Waals surface area (Å²) < 4.78 is 37.4. The van der Waals surface area contributed by atoms with E-state index in [1.807, 2.05) is 6.07 Å². The van der Waals surface area contributed by atoms with Gasteiger partial charge >= 0.3 is 6.09 Å². The standard InChI is InChI=1S/C15H21NO6S/c1-15(2)13-11(16-14(17)22-15)7-6-8-12(13)20-9-4-5-10-21-23(3,18)19/h6-8H,4-5,9-10H2,1-3H3,(H,16,17). The summed E-state index contributed by atoms with van der Waals surface area (Å²) in [5.74, 6) is 0.636. The number of anilines is 1. The summed E-state index contributed by atoms with van der Waals surface area (Å²) in [4.78, 5) is 11.5. The fraction of sp³-hybridized carbons (Fsp3) is 0.533. The molecule has 1 heterocycles. The lowest BCUT2D eigenvalue weighted by Crippen LogP contribution is -2.35. The fourth-order valence-electron chi connectivity index (χ4n) is 2.39. The Kier molecular flexibility index (Phi) is 5.16. The summed E-state index contributed by atoms with van der Waals surface area (Å²) in [6, 6.07) is 5.40. The van der Waals surface area contributed by atoms with E-state index in [1.165, 1.54) is 0 Å². The number of carbonyl (C=O) groups is 1. The first-order chi connectivity index (χ1) is 10.7. The van der Waals surface area contributed by atoms with Crippen LogP contribution in [-0.2, 0) is 24.6 Å². The smallest absolute Gasteiger partial charge is 0.412 e. The Labute approximate surface area is 136 Å². The van der Waals surface area contributed by atoms with Crippen molar-refractivity contribution < 1.29 is 26.9 Å². The van der Waals surface area contributed by atoms with Crippen molar-refractivity contribution in [3.8, 4) is 5.75 Å². The van der Waals surface area contributed by atoms with Gasteiger partial charge in [-0.05, 0) is 38.8 Å². The van der Waals surface area contributed by atoms with Gasteiger partial charge in [0.25, 0.3) is 10.1 Å². The predicted octanol–water partition coefficient (Wildman–Crippen LogP) is 2.62. The fourth-order valence-corrected chi connectivity index (χ4v) is 2.81. The summed E-state index contributed by atoms with van der Waals surface area (Å²) in [5, 5.41) is 2.66. The van der Waals surface area contributed by atoms with Gasteiger partial charge in [0.05, 0.1) is 30.7 Å². The molecule has 0 fully saturated rings. The Morgan fingerprint density at radius 1 is 1.22 bits per heavy atom. The quantitative estimate of drug-likeness (QED) is 0.604. The summed E-state index contributed by atoms with van der Waals surface area (Å²) in [6.45, 7) is 4.15. The average molecular weight is 343 g/mol. The summed E-state index contributed by atoms with van der Waals surface area (Å²) in [7, 11) is -3.39. The van der Waals surface area contributed by atoms with Gasteiger partial charge in [-0.25, -0.2) is 4.79 Å². The van der Waals surface area contributed by atoms with Crippen molar-refractivity contribution in [3.63, 3.8) is 0 Å². The number of rotatable bonds is 7. The second kappa shape index (κ2) is 6.76. The molecule has 0 unspecified atom stereocenters. The lowest BCUT2D eigenvalue weighted by molar-refractivity contribution is 0.0395. The van der Waals surface area contributed by atoms with Crippen LogP contribution in [0.2, 0.25) is 0 Å². The third-order valence-corrected chi connectivity index (χ3v) is 3.90. The second-order valence-electron chi connectivity index (χ2n) is 5.79. The van der Waals surface area contributed by atoms with Crippen molar-refractivity contribution in [3.05, 3.63) is 23.8 Å². The highest BCUT2D eigenvalue weighted by molar-refractivity contribution is 7.85. The molecule has 0 spiro atoms. The van der Waals surface area contributed by atoms with Gasteiger partial charge in [0.1, 0.15) is 11.4 Å². The minimum absolute atomic E-state index is 0.139. The van der Waals surface area contributed by atoms with Gasteiger partial charge in [-0.2, -0.15) is 8.42 Å². The maximum Gasteiger partial charge on any atom is 0.412 e. The Morgan fingerprint density at radius 2 is 1.91 bits per heavy atom. The number of fused-ring (bicyclic) bond motifs is 1. The normalized spacial score (nSPS) is 16.2. The minimum atomic E-state index is -3.39. The van der Waals surface area contributed by atoms with E-state index >= 15 is 0 Å². The number of hydrogen-bond donors (Lipinski definition) is 1. The topological polar surface area (TPSA) is 90.9 Å². The average Bonchev–Trinajstić information content (AvgIpc) is 2.39. The minimum Gasteiger partial charge on any atom is -0.493 e. The van der Waals surface area contributed by atoms with Crippen molar-refractivity contribution in [2.24, 2.45) is 0 Å². The monoisotopic (exact) mass is 343 g/mol. The maximum atomic E-state index is 11.5. The number of carbonyl (C=O) groups excluding carboxylic acids is 1. The number of benzene rings is 1. The third kappa shape index (κ3) is 4.84. The van der Waals surface area contributed by atoms with Crippen LogP contribution in [0.15, 0.2) is 18.2 Å². The lowest BCUT2D eigenvalue weighted by atomic mass is 9.94. The van der Waals surface area contributed by atoms with Crippen LogP contribution >= 0.6 is 0 Å². The molecule has 0 aromatic heterocycles. The van der Waals surface area contributed by atoms with E-state index in [4.69, 9.17) is 9.47 Å². The summed E-state index contributed by atoms with van der Waals surface area (Å²) in [5.41, 5.74) is 0.671. The number of amides is 1. The molecular formula is C15H21NO6S. The van der Waals surface area contributed by atoms with Gasteiger partial charge in [0.15, 0.2) is 0 Å². The molecule has 0 bridgehead atoms. The van der Waals surface area contributed by atoms with E-state index in [-0.39, 0.29) is 6.61 Å². The van der Waals surface area contributed by atoms with Crippen LogP contribution in [-0.4, -0.2) is 34.0 Å². The first-order valence-electron chi connectivity index (χ1n) is 7.30. The molecule has 1 aliphatic heterocycles. The highest BCUT2D eigenvalue weighted by Gasteiger charge is 2.36. The van der Waals surface area contributed by atoms with Crippen molar-refractivity contribution in [1.82, 2.24) is 0 Å². The Bertz CT molecular complexity index is 683. The van der Waals surface area contributed by atoms with E-state index in [9.17, 15) is 13.2 Å². The maximum absolute atomic E-state index is 11.5. The molecule has 0 atom stereocenters. The van der Waals surface area contributed by atoms with Crippen LogP contribution in [0.3, 0.4) is 0 Å². The van der Waals surface area contributed by atoms with Crippen molar-refractivity contribution in [2.75, 3.05) is 24.8 Å². The second-order valence-corrected chi connectivity index (χ2v) is 7.43. The van der Waals surface area contributed by atoms with E-state index < -0.39 is 21.8 Å². The van der Waals surface area contributed by atoms with Crippen LogP contribution in [0.4, 0.5) is 10.5 Å². The Hall–Kier alpha value is -1.80. The SMILES string of the molecule is CC1(C)OC(=O)Nc2cccc(OCCCCOS(C)(=O)=O)c21. The molecule has 0 radical (unpaired) electrons. The van der Waals surface area contributed by atoms with Crippen LogP contribution in [0.5, 0.6) is 5.75 Å². The first kappa shape index (κ1) is 17.6. The van der Waals surface area contributed by atoms with Gasteiger partial charge in [0, 0.05) is 0 Å². The zero-order valence-electron chi connectivity index (χ0n) is 13.4. The molecule has 2 rings (SSSR count). The molecule has 8 heteroatoms. The van der Waals surface area contributed by atoms with Crippen molar-refractivity contribution >= 4 is 21.9 Å². The number of nitrogens with one attached hydrogen (secondary N) is 1. The highest BCUT2D eigenvalue weighted by Crippen LogP contribution is 2.41. The van der Waals surface area contributed by atoms with Crippen molar-refractivity contribution in [1.29, 1.82) is 0 Å². The van der Waals surface area contributed by atoms with Gasteiger partial charge in [-0.3, -0.25) is 9.50 Å².